The van der Waals surface area contributed by atoms with E-state index in [1.54, 1.807) is 30.3 Å². The molecule has 7 nitrogen and oxygen atoms in total. The van der Waals surface area contributed by atoms with Crippen molar-refractivity contribution in [1.29, 1.82) is 0 Å². The summed E-state index contributed by atoms with van der Waals surface area (Å²) in [6.07, 6.45) is 5.67. The van der Waals surface area contributed by atoms with E-state index in [-0.39, 0.29) is 23.6 Å². The number of nitrogens with zero attached hydrogens (tertiary/aromatic N) is 1. The molecule has 1 aromatic carbocycles. The smallest absolute Gasteiger partial charge is 0.275 e. The first-order valence-electron chi connectivity index (χ1n) is 9.41. The van der Waals surface area contributed by atoms with E-state index in [0.29, 0.717) is 17.1 Å². The summed E-state index contributed by atoms with van der Waals surface area (Å²) in [7, 11) is -0.711. The number of nitrogens with one attached hydrogen (secondary N) is 1. The summed E-state index contributed by atoms with van der Waals surface area (Å²) in [5, 5.41) is 2.96. The number of hydrogen-bond donors (Lipinski definition) is 1. The molecule has 2 aromatic rings. The molecule has 0 saturated heterocycles. The van der Waals surface area contributed by atoms with E-state index < -0.39 is 10.0 Å². The van der Waals surface area contributed by atoms with Crippen LogP contribution in [0.2, 0.25) is 0 Å². The van der Waals surface area contributed by atoms with Gasteiger partial charge in [0, 0.05) is 25.7 Å². The van der Waals surface area contributed by atoms with Gasteiger partial charge in [-0.15, -0.1) is 0 Å². The van der Waals surface area contributed by atoms with Gasteiger partial charge in [-0.25, -0.2) is 12.7 Å². The van der Waals surface area contributed by atoms with Crippen LogP contribution >= 0.6 is 0 Å². The third-order valence-corrected chi connectivity index (χ3v) is 6.50. The molecular weight excluding hydrogens is 380 g/mol. The Bertz CT molecular complexity index is 897. The zero-order chi connectivity index (χ0) is 20.1. The van der Waals surface area contributed by atoms with Crippen LogP contribution in [0.25, 0.3) is 0 Å². The van der Waals surface area contributed by atoms with Crippen molar-refractivity contribution < 1.29 is 22.4 Å². The zero-order valence-electron chi connectivity index (χ0n) is 16.2. The van der Waals surface area contributed by atoms with E-state index in [1.807, 2.05) is 0 Å². The Balaban J connectivity index is 1.55. The van der Waals surface area contributed by atoms with Gasteiger partial charge in [0.2, 0.25) is 5.09 Å². The van der Waals surface area contributed by atoms with Gasteiger partial charge < -0.3 is 14.5 Å². The average molecular weight is 407 g/mol. The van der Waals surface area contributed by atoms with Crippen LogP contribution in [0.3, 0.4) is 0 Å². The number of sulfonamides is 1. The molecule has 1 heterocycles. The maximum Gasteiger partial charge on any atom is 0.275 e. The second-order valence-electron chi connectivity index (χ2n) is 7.13. The van der Waals surface area contributed by atoms with Gasteiger partial charge in [-0.2, -0.15) is 0 Å². The van der Waals surface area contributed by atoms with Crippen LogP contribution in [0.1, 0.15) is 48.2 Å². The van der Waals surface area contributed by atoms with Crippen LogP contribution in [0.5, 0.6) is 5.75 Å². The molecule has 3 rings (SSSR count). The molecular formula is C20H26N2O5S. The Kier molecular flexibility index (Phi) is 6.41. The first-order valence-corrected chi connectivity index (χ1v) is 10.9. The van der Waals surface area contributed by atoms with Crippen molar-refractivity contribution >= 4 is 15.9 Å². The van der Waals surface area contributed by atoms with E-state index >= 15 is 0 Å². The van der Waals surface area contributed by atoms with Gasteiger partial charge in [0.15, 0.2) is 0 Å². The monoisotopic (exact) mass is 406 g/mol. The molecule has 0 spiro atoms. The molecule has 0 atom stereocenters. The Morgan fingerprint density at radius 3 is 2.43 bits per heavy atom. The largest absolute Gasteiger partial charge is 0.486 e. The molecule has 1 fully saturated rings. The second-order valence-corrected chi connectivity index (χ2v) is 9.21. The fraction of sp³-hybridized carbons (Fsp3) is 0.450. The summed E-state index contributed by atoms with van der Waals surface area (Å²) in [5.74, 6) is 0.908. The minimum atomic E-state index is -3.60. The van der Waals surface area contributed by atoms with Crippen molar-refractivity contribution in [3.8, 4) is 5.75 Å². The molecule has 1 amide bonds. The van der Waals surface area contributed by atoms with Crippen LogP contribution in [-0.2, 0) is 16.6 Å². The third-order valence-electron chi connectivity index (χ3n) is 4.81. The van der Waals surface area contributed by atoms with Crippen LogP contribution in [0.4, 0.5) is 0 Å². The number of furan rings is 1. The number of benzene rings is 1. The first-order chi connectivity index (χ1) is 13.4. The highest BCUT2D eigenvalue weighted by Gasteiger charge is 2.21. The standard InChI is InChI=1S/C20H26N2O5S/c1-22(2)28(24,25)19-13-12-18(27-19)14-26-17-10-8-15(9-11-17)20(23)21-16-6-4-3-5-7-16/h8-13,16H,3-7,14H2,1-2H3,(H,21,23). The SMILES string of the molecule is CN(C)S(=O)(=O)c1ccc(COc2ccc(C(=O)NC3CCCCC3)cc2)o1. The van der Waals surface area contributed by atoms with Crippen molar-refractivity contribution in [1.82, 2.24) is 9.62 Å². The molecule has 1 aliphatic carbocycles. The summed E-state index contributed by atoms with van der Waals surface area (Å²) in [6, 6.07) is 10.1. The van der Waals surface area contributed by atoms with Gasteiger partial charge in [0.1, 0.15) is 18.1 Å². The highest BCUT2D eigenvalue weighted by Crippen LogP contribution is 2.20. The summed E-state index contributed by atoms with van der Waals surface area (Å²) < 4.78 is 36.1. The summed E-state index contributed by atoms with van der Waals surface area (Å²) in [4.78, 5) is 12.3. The number of hydrogen-bond acceptors (Lipinski definition) is 5. The van der Waals surface area contributed by atoms with Crippen molar-refractivity contribution in [2.75, 3.05) is 14.1 Å². The molecule has 0 aliphatic heterocycles. The van der Waals surface area contributed by atoms with Crippen molar-refractivity contribution in [3.63, 3.8) is 0 Å². The Morgan fingerprint density at radius 1 is 1.11 bits per heavy atom. The molecule has 1 aliphatic rings. The van der Waals surface area contributed by atoms with E-state index in [0.717, 1.165) is 17.1 Å². The van der Waals surface area contributed by atoms with Crippen molar-refractivity contribution in [2.24, 2.45) is 0 Å². The van der Waals surface area contributed by atoms with Crippen LogP contribution in [0.15, 0.2) is 45.9 Å². The summed E-state index contributed by atoms with van der Waals surface area (Å²) in [6.45, 7) is 0.0938. The quantitative estimate of drug-likeness (QED) is 0.763. The van der Waals surface area contributed by atoms with Gasteiger partial charge in [-0.05, 0) is 49.2 Å². The number of carbonyl (C=O) groups excluding carboxylic acids is 1. The van der Waals surface area contributed by atoms with E-state index in [1.165, 1.54) is 39.4 Å². The Morgan fingerprint density at radius 2 is 1.79 bits per heavy atom. The normalized spacial score (nSPS) is 15.5. The lowest BCUT2D eigenvalue weighted by Crippen LogP contribution is -2.36. The predicted octanol–water partition coefficient (Wildman–Crippen LogP) is 3.17. The van der Waals surface area contributed by atoms with E-state index in [2.05, 4.69) is 5.32 Å². The summed E-state index contributed by atoms with van der Waals surface area (Å²) in [5.41, 5.74) is 0.593. The summed E-state index contributed by atoms with van der Waals surface area (Å²) >= 11 is 0. The Hall–Kier alpha value is -2.32. The minimum Gasteiger partial charge on any atom is -0.486 e. The molecule has 0 unspecified atom stereocenters. The van der Waals surface area contributed by atoms with Crippen molar-refractivity contribution in [2.45, 2.75) is 49.8 Å². The lowest BCUT2D eigenvalue weighted by molar-refractivity contribution is 0.0927. The number of carbonyl (C=O) groups is 1. The topological polar surface area (TPSA) is 88.8 Å². The fourth-order valence-electron chi connectivity index (χ4n) is 3.13. The molecule has 1 saturated carbocycles. The molecule has 28 heavy (non-hydrogen) atoms. The zero-order valence-corrected chi connectivity index (χ0v) is 17.0. The molecule has 0 radical (unpaired) electrons. The predicted molar refractivity (Wildman–Crippen MR) is 105 cm³/mol. The minimum absolute atomic E-state index is 0.0666. The van der Waals surface area contributed by atoms with Crippen LogP contribution in [0, 0.1) is 0 Å². The maximum absolute atomic E-state index is 12.3. The van der Waals surface area contributed by atoms with Crippen LogP contribution < -0.4 is 10.1 Å². The van der Waals surface area contributed by atoms with Gasteiger partial charge >= 0.3 is 0 Å². The van der Waals surface area contributed by atoms with E-state index in [4.69, 9.17) is 9.15 Å². The van der Waals surface area contributed by atoms with Gasteiger partial charge in [0.05, 0.1) is 0 Å². The fourth-order valence-corrected chi connectivity index (χ4v) is 3.94. The highest BCUT2D eigenvalue weighted by atomic mass is 32.2. The second kappa shape index (κ2) is 8.79. The molecule has 152 valence electrons. The molecule has 8 heteroatoms. The number of ether oxygens (including phenoxy) is 1. The molecule has 1 N–H and O–H groups in total. The lowest BCUT2D eigenvalue weighted by Gasteiger charge is -2.22. The van der Waals surface area contributed by atoms with Crippen molar-refractivity contribution in [3.05, 3.63) is 47.7 Å². The van der Waals surface area contributed by atoms with Gasteiger partial charge in [0.25, 0.3) is 15.9 Å². The van der Waals surface area contributed by atoms with Gasteiger partial charge in [-0.1, -0.05) is 19.3 Å². The number of amides is 1. The molecule has 1 aromatic heterocycles. The lowest BCUT2D eigenvalue weighted by atomic mass is 9.95. The van der Waals surface area contributed by atoms with Gasteiger partial charge in [-0.3, -0.25) is 4.79 Å². The average Bonchev–Trinajstić information content (AvgIpc) is 3.17. The Labute approximate surface area is 165 Å². The first kappa shape index (κ1) is 20.4. The highest BCUT2D eigenvalue weighted by molar-refractivity contribution is 7.88. The van der Waals surface area contributed by atoms with Crippen LogP contribution in [-0.4, -0.2) is 38.8 Å². The number of rotatable bonds is 7. The maximum atomic E-state index is 12.3. The molecule has 0 bridgehead atoms. The van der Waals surface area contributed by atoms with E-state index in [9.17, 15) is 13.2 Å². The third kappa shape index (κ3) is 4.94.